The van der Waals surface area contributed by atoms with E-state index in [0.29, 0.717) is 12.5 Å². The summed E-state index contributed by atoms with van der Waals surface area (Å²) in [6.45, 7) is 6.36. The number of carbonyl (C=O) groups excluding carboxylic acids is 1. The van der Waals surface area contributed by atoms with E-state index < -0.39 is 0 Å². The Morgan fingerprint density at radius 2 is 1.70 bits per heavy atom. The molecule has 0 radical (unpaired) electrons. The molecule has 2 fully saturated rings. The van der Waals surface area contributed by atoms with Crippen molar-refractivity contribution in [3.8, 4) is 11.3 Å². The van der Waals surface area contributed by atoms with Crippen molar-refractivity contribution >= 4 is 17.4 Å². The highest BCUT2D eigenvalue weighted by Crippen LogP contribution is 2.36. The van der Waals surface area contributed by atoms with Gasteiger partial charge in [-0.2, -0.15) is 0 Å². The van der Waals surface area contributed by atoms with E-state index >= 15 is 0 Å². The maximum absolute atomic E-state index is 13.5. The second-order valence-corrected chi connectivity index (χ2v) is 8.59. The molecule has 2 unspecified atom stereocenters. The fourth-order valence-electron chi connectivity index (χ4n) is 4.90. The first kappa shape index (κ1) is 21.1. The SMILES string of the molecule is CC=CC(=CC)c1ccccc1C(=O)N1CC2CN(c3nccc(-c4ccccc4)n3)C2C1. The molecule has 0 aliphatic carbocycles. The number of aromatic nitrogens is 2. The van der Waals surface area contributed by atoms with Crippen LogP contribution in [0.2, 0.25) is 0 Å². The second-order valence-electron chi connectivity index (χ2n) is 8.59. The molecule has 0 spiro atoms. The molecule has 0 N–H and O–H groups in total. The van der Waals surface area contributed by atoms with Crippen LogP contribution in [-0.4, -0.2) is 46.5 Å². The van der Waals surface area contributed by atoms with Crippen LogP contribution in [0.4, 0.5) is 5.95 Å². The van der Waals surface area contributed by atoms with Gasteiger partial charge in [-0.3, -0.25) is 4.79 Å². The normalized spacial score (nSPS) is 20.1. The molecule has 3 heterocycles. The van der Waals surface area contributed by atoms with Crippen LogP contribution in [0.3, 0.4) is 0 Å². The van der Waals surface area contributed by atoms with Crippen LogP contribution < -0.4 is 4.90 Å². The lowest BCUT2D eigenvalue weighted by molar-refractivity contribution is 0.0789. The van der Waals surface area contributed by atoms with Crippen molar-refractivity contribution in [2.75, 3.05) is 24.5 Å². The monoisotopic (exact) mass is 436 g/mol. The van der Waals surface area contributed by atoms with Gasteiger partial charge < -0.3 is 9.80 Å². The Morgan fingerprint density at radius 3 is 2.45 bits per heavy atom. The van der Waals surface area contributed by atoms with Gasteiger partial charge in [0.05, 0.1) is 11.7 Å². The van der Waals surface area contributed by atoms with E-state index in [1.54, 1.807) is 0 Å². The Hall–Kier alpha value is -3.73. The average Bonchev–Trinajstić information content (AvgIpc) is 3.19. The molecule has 2 aliphatic heterocycles. The lowest BCUT2D eigenvalue weighted by Crippen LogP contribution is -2.56. The van der Waals surface area contributed by atoms with Gasteiger partial charge in [0.1, 0.15) is 0 Å². The summed E-state index contributed by atoms with van der Waals surface area (Å²) in [7, 11) is 0. The van der Waals surface area contributed by atoms with Crippen LogP contribution in [0.5, 0.6) is 0 Å². The number of hydrogen-bond donors (Lipinski definition) is 0. The predicted molar refractivity (Wildman–Crippen MR) is 133 cm³/mol. The van der Waals surface area contributed by atoms with Crippen LogP contribution in [0.25, 0.3) is 16.8 Å². The van der Waals surface area contributed by atoms with Crippen LogP contribution in [0.15, 0.2) is 85.1 Å². The second kappa shape index (κ2) is 9.02. The summed E-state index contributed by atoms with van der Waals surface area (Å²) < 4.78 is 0. The summed E-state index contributed by atoms with van der Waals surface area (Å²) in [6.07, 6.45) is 7.94. The molecular formula is C28H28N4O. The molecule has 5 rings (SSSR count). The number of amides is 1. The topological polar surface area (TPSA) is 49.3 Å². The lowest BCUT2D eigenvalue weighted by atomic mass is 9.92. The number of allylic oxidation sites excluding steroid dienone is 4. The predicted octanol–water partition coefficient (Wildman–Crippen LogP) is 5.08. The molecule has 166 valence electrons. The number of hydrogen-bond acceptors (Lipinski definition) is 4. The Kier molecular flexibility index (Phi) is 5.78. The molecule has 0 bridgehead atoms. The number of carbonyl (C=O) groups is 1. The van der Waals surface area contributed by atoms with Gasteiger partial charge in [-0.05, 0) is 37.1 Å². The third-order valence-corrected chi connectivity index (χ3v) is 6.62. The van der Waals surface area contributed by atoms with Gasteiger partial charge in [0.25, 0.3) is 5.91 Å². The quantitative estimate of drug-likeness (QED) is 0.523. The van der Waals surface area contributed by atoms with Gasteiger partial charge in [-0.25, -0.2) is 9.97 Å². The molecule has 3 aromatic rings. The van der Waals surface area contributed by atoms with Crippen LogP contribution in [0, 0.1) is 5.92 Å². The zero-order valence-corrected chi connectivity index (χ0v) is 19.1. The number of benzene rings is 2. The van der Waals surface area contributed by atoms with Crippen LogP contribution in [-0.2, 0) is 0 Å². The molecule has 2 aromatic carbocycles. The largest absolute Gasteiger partial charge is 0.336 e. The van der Waals surface area contributed by atoms with Crippen molar-refractivity contribution in [2.45, 2.75) is 19.9 Å². The maximum atomic E-state index is 13.5. The van der Waals surface area contributed by atoms with Gasteiger partial charge in [0.15, 0.2) is 0 Å². The number of anilines is 1. The standard InChI is InChI=1S/C28H28N4O/c1-3-10-20(4-2)23-13-8-9-14-24(23)27(33)31-17-22-18-32(26(22)19-31)28-29-16-15-25(30-28)21-11-6-5-7-12-21/h3-16,22,26H,17-19H2,1-2H3. The first-order chi connectivity index (χ1) is 16.2. The molecular weight excluding hydrogens is 408 g/mol. The molecule has 1 aromatic heterocycles. The molecule has 2 atom stereocenters. The highest BCUT2D eigenvalue weighted by Gasteiger charge is 2.48. The van der Waals surface area contributed by atoms with Crippen LogP contribution >= 0.6 is 0 Å². The minimum Gasteiger partial charge on any atom is -0.336 e. The van der Waals surface area contributed by atoms with Crippen molar-refractivity contribution < 1.29 is 4.79 Å². The van der Waals surface area contributed by atoms with E-state index in [1.165, 1.54) is 0 Å². The Bertz CT molecular complexity index is 1220. The van der Waals surface area contributed by atoms with Crippen molar-refractivity contribution in [1.29, 1.82) is 0 Å². The molecule has 33 heavy (non-hydrogen) atoms. The summed E-state index contributed by atoms with van der Waals surface area (Å²) in [5.41, 5.74) is 4.82. The van der Waals surface area contributed by atoms with Gasteiger partial charge in [-0.1, -0.05) is 66.8 Å². The molecule has 5 nitrogen and oxygen atoms in total. The number of fused-ring (bicyclic) bond motifs is 1. The molecule has 2 saturated heterocycles. The third-order valence-electron chi connectivity index (χ3n) is 6.62. The third kappa shape index (κ3) is 3.95. The van der Waals surface area contributed by atoms with E-state index in [0.717, 1.165) is 47.0 Å². The number of likely N-dealkylation sites (tertiary alicyclic amines) is 1. The highest BCUT2D eigenvalue weighted by molar-refractivity contribution is 6.00. The van der Waals surface area contributed by atoms with Gasteiger partial charge >= 0.3 is 0 Å². The average molecular weight is 437 g/mol. The summed E-state index contributed by atoms with van der Waals surface area (Å²) >= 11 is 0. The maximum Gasteiger partial charge on any atom is 0.254 e. The van der Waals surface area contributed by atoms with Crippen molar-refractivity contribution in [1.82, 2.24) is 14.9 Å². The minimum absolute atomic E-state index is 0.0998. The van der Waals surface area contributed by atoms with Crippen molar-refractivity contribution in [2.24, 2.45) is 5.92 Å². The Morgan fingerprint density at radius 1 is 0.939 bits per heavy atom. The molecule has 5 heteroatoms. The summed E-state index contributed by atoms with van der Waals surface area (Å²) in [5.74, 6) is 1.31. The minimum atomic E-state index is 0.0998. The first-order valence-corrected chi connectivity index (χ1v) is 11.5. The van der Waals surface area contributed by atoms with E-state index in [9.17, 15) is 4.79 Å². The first-order valence-electron chi connectivity index (χ1n) is 11.5. The fourth-order valence-corrected chi connectivity index (χ4v) is 4.90. The Labute approximate surface area is 195 Å². The summed E-state index contributed by atoms with van der Waals surface area (Å²) in [4.78, 5) is 27.1. The zero-order valence-electron chi connectivity index (χ0n) is 19.1. The van der Waals surface area contributed by atoms with E-state index in [-0.39, 0.29) is 11.9 Å². The van der Waals surface area contributed by atoms with Crippen LogP contribution in [0.1, 0.15) is 29.8 Å². The highest BCUT2D eigenvalue weighted by atomic mass is 16.2. The summed E-state index contributed by atoms with van der Waals surface area (Å²) in [6, 6.07) is 20.3. The number of rotatable bonds is 5. The Balaban J connectivity index is 1.34. The van der Waals surface area contributed by atoms with Gasteiger partial charge in [0, 0.05) is 42.9 Å². The smallest absolute Gasteiger partial charge is 0.254 e. The van der Waals surface area contributed by atoms with Crippen molar-refractivity contribution in [3.63, 3.8) is 0 Å². The molecule has 0 saturated carbocycles. The summed E-state index contributed by atoms with van der Waals surface area (Å²) in [5, 5.41) is 0. The van der Waals surface area contributed by atoms with Gasteiger partial charge in [-0.15, -0.1) is 0 Å². The number of nitrogens with zero attached hydrogens (tertiary/aromatic N) is 4. The van der Waals surface area contributed by atoms with E-state index in [2.05, 4.69) is 34.2 Å². The van der Waals surface area contributed by atoms with Gasteiger partial charge in [0.2, 0.25) is 5.95 Å². The zero-order chi connectivity index (χ0) is 22.8. The molecule has 1 amide bonds. The lowest BCUT2D eigenvalue weighted by Gasteiger charge is -2.43. The van der Waals surface area contributed by atoms with E-state index in [1.807, 2.05) is 79.6 Å². The van der Waals surface area contributed by atoms with E-state index in [4.69, 9.17) is 4.98 Å². The fraction of sp³-hybridized carbons (Fsp3) is 0.250. The van der Waals surface area contributed by atoms with Crippen molar-refractivity contribution in [3.05, 3.63) is 96.2 Å². The molecule has 2 aliphatic rings.